The highest BCUT2D eigenvalue weighted by Gasteiger charge is 2.35. The lowest BCUT2D eigenvalue weighted by Gasteiger charge is -2.44. The average Bonchev–Trinajstić information content (AvgIpc) is 3.03. The molecule has 4 nitrogen and oxygen atoms in total. The molecule has 0 amide bonds. The van der Waals surface area contributed by atoms with Crippen molar-refractivity contribution in [2.45, 2.75) is 44.6 Å². The number of piperazine rings is 1. The van der Waals surface area contributed by atoms with E-state index in [0.29, 0.717) is 5.41 Å². The van der Waals surface area contributed by atoms with Crippen LogP contribution in [0.25, 0.3) is 0 Å². The first kappa shape index (κ1) is 15.7. The van der Waals surface area contributed by atoms with Crippen LogP contribution < -0.4 is 5.32 Å². The Labute approximate surface area is 130 Å². The minimum Gasteiger partial charge on any atom is -0.384 e. The van der Waals surface area contributed by atoms with Gasteiger partial charge in [0, 0.05) is 51.3 Å². The molecule has 0 atom stereocenters. The Kier molecular flexibility index (Phi) is 5.54. The van der Waals surface area contributed by atoms with Gasteiger partial charge in [0.05, 0.1) is 6.61 Å². The van der Waals surface area contributed by atoms with E-state index in [1.54, 1.807) is 0 Å². The molecule has 0 unspecified atom stereocenters. The third-order valence-electron chi connectivity index (χ3n) is 5.92. The Morgan fingerprint density at radius 2 is 1.71 bits per heavy atom. The van der Waals surface area contributed by atoms with Gasteiger partial charge in [-0.2, -0.15) is 0 Å². The topological polar surface area (TPSA) is 27.7 Å². The van der Waals surface area contributed by atoms with Crippen LogP contribution in [0.1, 0.15) is 38.5 Å². The highest BCUT2D eigenvalue weighted by atomic mass is 16.5. The molecular weight excluding hydrogens is 262 g/mol. The van der Waals surface area contributed by atoms with Gasteiger partial charge >= 0.3 is 0 Å². The number of hydrogen-bond donors (Lipinski definition) is 1. The number of ether oxygens (including phenoxy) is 1. The van der Waals surface area contributed by atoms with E-state index >= 15 is 0 Å². The van der Waals surface area contributed by atoms with E-state index < -0.39 is 0 Å². The van der Waals surface area contributed by atoms with Gasteiger partial charge in [-0.05, 0) is 38.8 Å². The van der Waals surface area contributed by atoms with Crippen LogP contribution in [0.3, 0.4) is 0 Å². The Morgan fingerprint density at radius 3 is 2.33 bits per heavy atom. The molecule has 21 heavy (non-hydrogen) atoms. The Bertz CT molecular complexity index is 298. The summed E-state index contributed by atoms with van der Waals surface area (Å²) in [5.41, 5.74) is 0.398. The molecule has 0 bridgehead atoms. The van der Waals surface area contributed by atoms with E-state index in [1.807, 2.05) is 7.11 Å². The lowest BCUT2D eigenvalue weighted by atomic mass is 9.79. The van der Waals surface area contributed by atoms with Gasteiger partial charge in [-0.1, -0.05) is 12.8 Å². The summed E-state index contributed by atoms with van der Waals surface area (Å²) in [6.07, 6.45) is 8.33. The Morgan fingerprint density at radius 1 is 1.05 bits per heavy atom. The molecule has 0 aromatic carbocycles. The number of methoxy groups -OCH3 is 1. The van der Waals surface area contributed by atoms with Crippen LogP contribution in [0.2, 0.25) is 0 Å². The Balaban J connectivity index is 1.48. The third-order valence-corrected chi connectivity index (χ3v) is 5.92. The molecule has 122 valence electrons. The van der Waals surface area contributed by atoms with Crippen molar-refractivity contribution in [1.29, 1.82) is 0 Å². The second-order valence-corrected chi connectivity index (χ2v) is 7.43. The van der Waals surface area contributed by atoms with E-state index in [-0.39, 0.29) is 0 Å². The molecule has 1 saturated carbocycles. The molecule has 0 spiro atoms. The van der Waals surface area contributed by atoms with E-state index in [2.05, 4.69) is 15.1 Å². The zero-order chi connectivity index (χ0) is 14.5. The Hall–Kier alpha value is -0.160. The van der Waals surface area contributed by atoms with Crippen molar-refractivity contribution in [3.8, 4) is 0 Å². The van der Waals surface area contributed by atoms with E-state index in [9.17, 15) is 0 Å². The van der Waals surface area contributed by atoms with Crippen molar-refractivity contribution in [3.05, 3.63) is 0 Å². The van der Waals surface area contributed by atoms with Gasteiger partial charge in [-0.25, -0.2) is 0 Å². The van der Waals surface area contributed by atoms with Gasteiger partial charge in [-0.15, -0.1) is 0 Å². The average molecular weight is 295 g/mol. The van der Waals surface area contributed by atoms with Gasteiger partial charge in [0.25, 0.3) is 0 Å². The van der Waals surface area contributed by atoms with Crippen LogP contribution in [0.4, 0.5) is 0 Å². The van der Waals surface area contributed by atoms with E-state index in [0.717, 1.165) is 25.7 Å². The number of hydrogen-bond acceptors (Lipinski definition) is 4. The molecule has 0 radical (unpaired) electrons. The molecular formula is C17H33N3O. The maximum atomic E-state index is 5.56. The zero-order valence-corrected chi connectivity index (χ0v) is 13.8. The SMILES string of the molecule is COCC1(CN2CCN(C3CCCC3)CC2)CCNCC1. The van der Waals surface area contributed by atoms with Gasteiger partial charge in [0.15, 0.2) is 0 Å². The van der Waals surface area contributed by atoms with Gasteiger partial charge in [-0.3, -0.25) is 4.90 Å². The molecule has 0 aromatic heterocycles. The summed E-state index contributed by atoms with van der Waals surface area (Å²) in [7, 11) is 1.86. The number of nitrogens with zero attached hydrogens (tertiary/aromatic N) is 2. The van der Waals surface area contributed by atoms with Crippen molar-refractivity contribution in [3.63, 3.8) is 0 Å². The van der Waals surface area contributed by atoms with Crippen LogP contribution in [0.5, 0.6) is 0 Å². The summed E-state index contributed by atoms with van der Waals surface area (Å²) in [6.45, 7) is 9.57. The van der Waals surface area contributed by atoms with Gasteiger partial charge in [0.1, 0.15) is 0 Å². The maximum absolute atomic E-state index is 5.56. The van der Waals surface area contributed by atoms with Crippen LogP contribution in [0, 0.1) is 5.41 Å². The fourth-order valence-electron chi connectivity index (χ4n) is 4.64. The summed E-state index contributed by atoms with van der Waals surface area (Å²) < 4.78 is 5.56. The molecule has 0 aromatic rings. The second-order valence-electron chi connectivity index (χ2n) is 7.43. The standard InChI is InChI=1S/C17H33N3O/c1-21-15-17(6-8-18-9-7-17)14-19-10-12-20(13-11-19)16-4-2-3-5-16/h16,18H,2-15H2,1H3. The number of piperidine rings is 1. The van der Waals surface area contributed by atoms with Crippen LogP contribution >= 0.6 is 0 Å². The van der Waals surface area contributed by atoms with Crippen molar-refractivity contribution in [2.75, 3.05) is 59.5 Å². The first-order valence-electron chi connectivity index (χ1n) is 8.97. The molecule has 1 N–H and O–H groups in total. The lowest BCUT2D eigenvalue weighted by Crippen LogP contribution is -2.54. The summed E-state index contributed by atoms with van der Waals surface area (Å²) in [5.74, 6) is 0. The molecule has 3 rings (SSSR count). The minimum atomic E-state index is 0.398. The largest absolute Gasteiger partial charge is 0.384 e. The maximum Gasteiger partial charge on any atom is 0.0531 e. The highest BCUT2D eigenvalue weighted by Crippen LogP contribution is 2.31. The predicted molar refractivity (Wildman–Crippen MR) is 86.7 cm³/mol. The van der Waals surface area contributed by atoms with Gasteiger partial charge < -0.3 is 15.0 Å². The fourth-order valence-corrected chi connectivity index (χ4v) is 4.64. The fraction of sp³-hybridized carbons (Fsp3) is 1.00. The molecule has 3 aliphatic rings. The summed E-state index contributed by atoms with van der Waals surface area (Å²) in [4.78, 5) is 5.46. The molecule has 4 heteroatoms. The molecule has 3 fully saturated rings. The molecule has 2 heterocycles. The first-order chi connectivity index (χ1) is 10.3. The number of nitrogens with one attached hydrogen (secondary N) is 1. The smallest absolute Gasteiger partial charge is 0.0531 e. The highest BCUT2D eigenvalue weighted by molar-refractivity contribution is 4.90. The molecule has 2 aliphatic heterocycles. The summed E-state index contributed by atoms with van der Waals surface area (Å²) >= 11 is 0. The van der Waals surface area contributed by atoms with Crippen LogP contribution in [0.15, 0.2) is 0 Å². The summed E-state index contributed by atoms with van der Waals surface area (Å²) in [5, 5.41) is 3.50. The zero-order valence-electron chi connectivity index (χ0n) is 13.8. The van der Waals surface area contributed by atoms with Crippen molar-refractivity contribution < 1.29 is 4.74 Å². The number of rotatable bonds is 5. The van der Waals surface area contributed by atoms with Crippen LogP contribution in [-0.4, -0.2) is 75.4 Å². The normalized spacial score (nSPS) is 29.0. The van der Waals surface area contributed by atoms with Gasteiger partial charge in [0.2, 0.25) is 0 Å². The third kappa shape index (κ3) is 3.98. The predicted octanol–water partition coefficient (Wildman–Crippen LogP) is 1.56. The molecule has 1 aliphatic carbocycles. The summed E-state index contributed by atoms with van der Waals surface area (Å²) in [6, 6.07) is 0.902. The quantitative estimate of drug-likeness (QED) is 0.833. The van der Waals surface area contributed by atoms with Crippen molar-refractivity contribution in [2.24, 2.45) is 5.41 Å². The monoisotopic (exact) mass is 295 g/mol. The minimum absolute atomic E-state index is 0.398. The lowest BCUT2D eigenvalue weighted by molar-refractivity contribution is 0.00366. The van der Waals surface area contributed by atoms with E-state index in [1.165, 1.54) is 71.2 Å². The van der Waals surface area contributed by atoms with Crippen molar-refractivity contribution >= 4 is 0 Å². The molecule has 2 saturated heterocycles. The van der Waals surface area contributed by atoms with E-state index in [4.69, 9.17) is 4.74 Å². The first-order valence-corrected chi connectivity index (χ1v) is 8.97. The van der Waals surface area contributed by atoms with Crippen LogP contribution in [-0.2, 0) is 4.74 Å². The van der Waals surface area contributed by atoms with Crippen molar-refractivity contribution in [1.82, 2.24) is 15.1 Å². The second kappa shape index (κ2) is 7.40.